The van der Waals surface area contributed by atoms with Crippen LogP contribution in [0.15, 0.2) is 0 Å². The SMILES string of the molecule is OC1CCN([C@@H]2CCCC[C@H]2O)CC1. The third-order valence-electron chi connectivity index (χ3n) is 3.66. The van der Waals surface area contributed by atoms with Crippen LogP contribution in [0.5, 0.6) is 0 Å². The molecule has 0 aromatic carbocycles. The van der Waals surface area contributed by atoms with Gasteiger partial charge in [-0.1, -0.05) is 12.8 Å². The Bertz CT molecular complexity index is 178. The van der Waals surface area contributed by atoms with Gasteiger partial charge in [-0.05, 0) is 25.7 Å². The van der Waals surface area contributed by atoms with Crippen LogP contribution in [-0.4, -0.2) is 46.5 Å². The number of piperidine rings is 1. The zero-order valence-corrected chi connectivity index (χ0v) is 8.73. The Balaban J connectivity index is 1.87. The van der Waals surface area contributed by atoms with E-state index in [9.17, 15) is 10.2 Å². The van der Waals surface area contributed by atoms with Gasteiger partial charge in [0.05, 0.1) is 12.2 Å². The summed E-state index contributed by atoms with van der Waals surface area (Å²) in [5.74, 6) is 0. The Morgan fingerprint density at radius 3 is 2.14 bits per heavy atom. The second-order valence-electron chi connectivity index (χ2n) is 4.69. The van der Waals surface area contributed by atoms with Crippen LogP contribution in [0.1, 0.15) is 38.5 Å². The molecule has 1 aliphatic heterocycles. The van der Waals surface area contributed by atoms with Gasteiger partial charge in [-0.25, -0.2) is 0 Å². The fraction of sp³-hybridized carbons (Fsp3) is 1.00. The van der Waals surface area contributed by atoms with E-state index >= 15 is 0 Å². The van der Waals surface area contributed by atoms with Crippen LogP contribution in [0.4, 0.5) is 0 Å². The highest BCUT2D eigenvalue weighted by molar-refractivity contribution is 4.85. The number of likely N-dealkylation sites (tertiary alicyclic amines) is 1. The Kier molecular flexibility index (Phi) is 3.42. The second-order valence-corrected chi connectivity index (χ2v) is 4.69. The Labute approximate surface area is 85.7 Å². The van der Waals surface area contributed by atoms with E-state index in [0.717, 1.165) is 38.8 Å². The zero-order valence-electron chi connectivity index (χ0n) is 8.73. The van der Waals surface area contributed by atoms with Crippen molar-refractivity contribution in [2.75, 3.05) is 13.1 Å². The van der Waals surface area contributed by atoms with E-state index in [4.69, 9.17) is 0 Å². The average molecular weight is 199 g/mol. The Morgan fingerprint density at radius 1 is 0.857 bits per heavy atom. The van der Waals surface area contributed by atoms with Gasteiger partial charge in [0.1, 0.15) is 0 Å². The largest absolute Gasteiger partial charge is 0.393 e. The highest BCUT2D eigenvalue weighted by atomic mass is 16.3. The van der Waals surface area contributed by atoms with Crippen molar-refractivity contribution in [2.45, 2.75) is 56.8 Å². The molecule has 0 unspecified atom stereocenters. The van der Waals surface area contributed by atoms with Crippen molar-refractivity contribution in [1.82, 2.24) is 4.90 Å². The van der Waals surface area contributed by atoms with Gasteiger partial charge < -0.3 is 10.2 Å². The average Bonchev–Trinajstić information content (AvgIpc) is 2.20. The fourth-order valence-electron chi connectivity index (χ4n) is 2.74. The van der Waals surface area contributed by atoms with Crippen LogP contribution in [0.3, 0.4) is 0 Å². The second kappa shape index (κ2) is 4.60. The van der Waals surface area contributed by atoms with E-state index in [1.807, 2.05) is 0 Å². The molecule has 2 rings (SSSR count). The molecule has 1 saturated carbocycles. The standard InChI is InChI=1S/C11H21NO2/c13-9-5-7-12(8-6-9)10-3-1-2-4-11(10)14/h9-11,13-14H,1-8H2/t10-,11-/m1/s1. The molecule has 0 radical (unpaired) electrons. The molecule has 1 aliphatic carbocycles. The first-order chi connectivity index (χ1) is 6.77. The van der Waals surface area contributed by atoms with Gasteiger partial charge in [-0.2, -0.15) is 0 Å². The molecule has 14 heavy (non-hydrogen) atoms. The molecular weight excluding hydrogens is 178 g/mol. The first-order valence-electron chi connectivity index (χ1n) is 5.87. The third-order valence-corrected chi connectivity index (χ3v) is 3.66. The lowest BCUT2D eigenvalue weighted by molar-refractivity contribution is -0.0113. The summed E-state index contributed by atoms with van der Waals surface area (Å²) in [7, 11) is 0. The highest BCUT2D eigenvalue weighted by Gasteiger charge is 2.30. The quantitative estimate of drug-likeness (QED) is 0.655. The van der Waals surface area contributed by atoms with Crippen molar-refractivity contribution >= 4 is 0 Å². The summed E-state index contributed by atoms with van der Waals surface area (Å²) < 4.78 is 0. The summed E-state index contributed by atoms with van der Waals surface area (Å²) in [6.45, 7) is 1.92. The molecule has 3 heteroatoms. The van der Waals surface area contributed by atoms with Crippen molar-refractivity contribution < 1.29 is 10.2 Å². The summed E-state index contributed by atoms with van der Waals surface area (Å²) >= 11 is 0. The first-order valence-corrected chi connectivity index (χ1v) is 5.87. The summed E-state index contributed by atoms with van der Waals surface area (Å²) in [5.41, 5.74) is 0. The van der Waals surface area contributed by atoms with Gasteiger partial charge in [0.25, 0.3) is 0 Å². The molecule has 0 aromatic rings. The first kappa shape index (κ1) is 10.4. The molecule has 0 bridgehead atoms. The van der Waals surface area contributed by atoms with Gasteiger partial charge in [0.15, 0.2) is 0 Å². The Hall–Kier alpha value is -0.120. The molecule has 0 spiro atoms. The number of aliphatic hydroxyl groups is 2. The van der Waals surface area contributed by atoms with Gasteiger partial charge in [0, 0.05) is 19.1 Å². The summed E-state index contributed by atoms with van der Waals surface area (Å²) in [5, 5.41) is 19.3. The summed E-state index contributed by atoms with van der Waals surface area (Å²) in [6.07, 6.45) is 6.05. The molecule has 2 atom stereocenters. The van der Waals surface area contributed by atoms with Gasteiger partial charge in [-0.3, -0.25) is 4.90 Å². The van der Waals surface area contributed by atoms with E-state index < -0.39 is 0 Å². The third kappa shape index (κ3) is 2.27. The van der Waals surface area contributed by atoms with E-state index in [-0.39, 0.29) is 12.2 Å². The smallest absolute Gasteiger partial charge is 0.0695 e. The van der Waals surface area contributed by atoms with Crippen LogP contribution >= 0.6 is 0 Å². The van der Waals surface area contributed by atoms with Crippen LogP contribution in [0.25, 0.3) is 0 Å². The molecule has 1 saturated heterocycles. The van der Waals surface area contributed by atoms with Crippen LogP contribution in [0.2, 0.25) is 0 Å². The topological polar surface area (TPSA) is 43.7 Å². The van der Waals surface area contributed by atoms with Crippen LogP contribution in [0, 0.1) is 0 Å². The molecule has 2 aliphatic rings. The van der Waals surface area contributed by atoms with E-state index in [2.05, 4.69) is 4.90 Å². The number of hydrogen-bond donors (Lipinski definition) is 2. The predicted molar refractivity (Wildman–Crippen MR) is 55.1 cm³/mol. The number of rotatable bonds is 1. The van der Waals surface area contributed by atoms with Gasteiger partial charge in [-0.15, -0.1) is 0 Å². The van der Waals surface area contributed by atoms with Gasteiger partial charge in [0.2, 0.25) is 0 Å². The lowest BCUT2D eigenvalue weighted by atomic mass is 9.90. The molecule has 2 N–H and O–H groups in total. The monoisotopic (exact) mass is 199 g/mol. The van der Waals surface area contributed by atoms with Crippen molar-refractivity contribution in [3.05, 3.63) is 0 Å². The maximum absolute atomic E-state index is 9.88. The maximum atomic E-state index is 9.88. The van der Waals surface area contributed by atoms with Crippen LogP contribution in [-0.2, 0) is 0 Å². The fourth-order valence-corrected chi connectivity index (χ4v) is 2.74. The minimum Gasteiger partial charge on any atom is -0.393 e. The molecule has 1 heterocycles. The molecule has 0 aromatic heterocycles. The predicted octanol–water partition coefficient (Wildman–Crippen LogP) is 0.747. The van der Waals surface area contributed by atoms with E-state index in [0.29, 0.717) is 6.04 Å². The van der Waals surface area contributed by atoms with Crippen molar-refractivity contribution in [3.63, 3.8) is 0 Å². The number of aliphatic hydroxyl groups excluding tert-OH is 2. The minimum absolute atomic E-state index is 0.105. The molecule has 82 valence electrons. The molecule has 0 amide bonds. The highest BCUT2D eigenvalue weighted by Crippen LogP contribution is 2.25. The number of hydrogen-bond acceptors (Lipinski definition) is 3. The van der Waals surface area contributed by atoms with Gasteiger partial charge >= 0.3 is 0 Å². The lowest BCUT2D eigenvalue weighted by Gasteiger charge is -2.40. The Morgan fingerprint density at radius 2 is 1.50 bits per heavy atom. The number of nitrogens with zero attached hydrogens (tertiary/aromatic N) is 1. The van der Waals surface area contributed by atoms with E-state index in [1.54, 1.807) is 0 Å². The van der Waals surface area contributed by atoms with Crippen LogP contribution < -0.4 is 0 Å². The molecular formula is C11H21NO2. The zero-order chi connectivity index (χ0) is 9.97. The summed E-state index contributed by atoms with van der Waals surface area (Å²) in [6, 6.07) is 0.372. The van der Waals surface area contributed by atoms with Crippen molar-refractivity contribution in [1.29, 1.82) is 0 Å². The summed E-state index contributed by atoms with van der Waals surface area (Å²) in [4.78, 5) is 2.37. The van der Waals surface area contributed by atoms with Crippen molar-refractivity contribution in [3.8, 4) is 0 Å². The normalized spacial score (nSPS) is 37.3. The lowest BCUT2D eigenvalue weighted by Crippen LogP contribution is -2.49. The maximum Gasteiger partial charge on any atom is 0.0695 e. The van der Waals surface area contributed by atoms with Crippen molar-refractivity contribution in [2.24, 2.45) is 0 Å². The van der Waals surface area contributed by atoms with E-state index in [1.165, 1.54) is 12.8 Å². The molecule has 2 fully saturated rings. The minimum atomic E-state index is -0.126. The molecule has 3 nitrogen and oxygen atoms in total.